The zero-order valence-corrected chi connectivity index (χ0v) is 32.0. The van der Waals surface area contributed by atoms with Crippen LogP contribution in [0.1, 0.15) is 108 Å². The molecule has 6 aliphatic rings. The van der Waals surface area contributed by atoms with Crippen molar-refractivity contribution in [1.82, 2.24) is 0 Å². The van der Waals surface area contributed by atoms with Crippen molar-refractivity contribution in [2.75, 3.05) is 0 Å². The SMILES string of the molecule is CC1(C)c2ccccc2-c2cc3c(cc21)Cc1c-3c2c(c3c1-c1cc4c(cc1C3)C(C)(C)c1ccccc1-4)-c1cc3c(cc1C2)C(C)(C)c1ccccc1-3. The quantitative estimate of drug-likeness (QED) is 0.149. The van der Waals surface area contributed by atoms with Crippen LogP contribution in [0, 0.1) is 0 Å². The molecule has 0 atom stereocenters. The van der Waals surface area contributed by atoms with Gasteiger partial charge in [-0.2, -0.15) is 0 Å². The van der Waals surface area contributed by atoms with E-state index in [1.807, 2.05) is 0 Å². The molecule has 258 valence electrons. The van der Waals surface area contributed by atoms with Gasteiger partial charge in [-0.1, -0.05) is 133 Å². The van der Waals surface area contributed by atoms with Crippen molar-refractivity contribution >= 4 is 0 Å². The summed E-state index contributed by atoms with van der Waals surface area (Å²) < 4.78 is 0. The first-order chi connectivity index (χ1) is 26.0. The Balaban J connectivity index is 1.11. The molecule has 0 fully saturated rings. The maximum atomic E-state index is 2.61. The predicted molar refractivity (Wildman–Crippen MR) is 224 cm³/mol. The number of fused-ring (bicyclic) bond motifs is 21. The third-order valence-corrected chi connectivity index (χ3v) is 15.1. The van der Waals surface area contributed by atoms with E-state index in [1.165, 1.54) is 117 Å². The number of hydrogen-bond donors (Lipinski definition) is 0. The van der Waals surface area contributed by atoms with Crippen molar-refractivity contribution in [1.29, 1.82) is 0 Å². The molecule has 0 amide bonds. The largest absolute Gasteiger partial charge is 0.0619 e. The second kappa shape index (κ2) is 9.24. The van der Waals surface area contributed by atoms with E-state index in [0.29, 0.717) is 0 Å². The van der Waals surface area contributed by atoms with Gasteiger partial charge in [-0.15, -0.1) is 0 Å². The predicted octanol–water partition coefficient (Wildman–Crippen LogP) is 13.3. The maximum Gasteiger partial charge on any atom is 0.0158 e. The summed E-state index contributed by atoms with van der Waals surface area (Å²) >= 11 is 0. The smallest absolute Gasteiger partial charge is 0.0158 e. The Morgan fingerprint density at radius 3 is 0.870 bits per heavy atom. The Hall–Kier alpha value is -5.46. The van der Waals surface area contributed by atoms with Gasteiger partial charge in [0.2, 0.25) is 0 Å². The molecule has 13 rings (SSSR count). The lowest BCUT2D eigenvalue weighted by atomic mass is 9.81. The van der Waals surface area contributed by atoms with Crippen molar-refractivity contribution in [3.63, 3.8) is 0 Å². The Morgan fingerprint density at radius 1 is 0.296 bits per heavy atom. The topological polar surface area (TPSA) is 0 Å². The summed E-state index contributed by atoms with van der Waals surface area (Å²) in [6, 6.07) is 43.1. The van der Waals surface area contributed by atoms with E-state index in [2.05, 4.69) is 151 Å². The van der Waals surface area contributed by atoms with Gasteiger partial charge in [0.05, 0.1) is 0 Å². The molecule has 0 N–H and O–H groups in total. The summed E-state index contributed by atoms with van der Waals surface area (Å²) in [6.45, 7) is 14.5. The molecule has 0 aromatic heterocycles. The van der Waals surface area contributed by atoms with Gasteiger partial charge in [0.15, 0.2) is 0 Å². The Kier molecular flexibility index (Phi) is 5.12. The molecule has 6 aliphatic carbocycles. The van der Waals surface area contributed by atoms with Gasteiger partial charge in [0.25, 0.3) is 0 Å². The van der Waals surface area contributed by atoms with E-state index in [0.717, 1.165) is 19.3 Å². The van der Waals surface area contributed by atoms with Crippen LogP contribution in [0.25, 0.3) is 66.8 Å². The molecule has 7 aromatic rings. The zero-order chi connectivity index (χ0) is 36.2. The van der Waals surface area contributed by atoms with Crippen LogP contribution in [-0.4, -0.2) is 0 Å². The van der Waals surface area contributed by atoms with Crippen LogP contribution in [0.3, 0.4) is 0 Å². The lowest BCUT2D eigenvalue weighted by Crippen LogP contribution is -2.15. The van der Waals surface area contributed by atoms with E-state index in [-0.39, 0.29) is 16.2 Å². The van der Waals surface area contributed by atoms with Crippen LogP contribution in [0.5, 0.6) is 0 Å². The van der Waals surface area contributed by atoms with Crippen molar-refractivity contribution < 1.29 is 0 Å². The van der Waals surface area contributed by atoms with Crippen LogP contribution < -0.4 is 0 Å². The average molecular weight is 691 g/mol. The van der Waals surface area contributed by atoms with Crippen LogP contribution in [0.15, 0.2) is 109 Å². The van der Waals surface area contributed by atoms with E-state index in [4.69, 9.17) is 0 Å². The Morgan fingerprint density at radius 2 is 0.574 bits per heavy atom. The summed E-state index contributed by atoms with van der Waals surface area (Å²) in [6.07, 6.45) is 3.02. The third kappa shape index (κ3) is 3.28. The molecule has 0 spiro atoms. The van der Waals surface area contributed by atoms with E-state index in [1.54, 1.807) is 16.7 Å². The van der Waals surface area contributed by atoms with Crippen LogP contribution in [0.4, 0.5) is 0 Å². The minimum absolute atomic E-state index is 0.00708. The highest BCUT2D eigenvalue weighted by atomic mass is 14.5. The summed E-state index contributed by atoms with van der Waals surface area (Å²) in [5, 5.41) is 0. The normalized spacial score (nSPS) is 17.7. The molecule has 0 aliphatic heterocycles. The summed E-state index contributed by atoms with van der Waals surface area (Å²) in [5.41, 5.74) is 35.6. The van der Waals surface area contributed by atoms with Gasteiger partial charge >= 0.3 is 0 Å². The lowest BCUT2D eigenvalue weighted by molar-refractivity contribution is 0.659. The number of benzene rings is 7. The second-order valence-electron chi connectivity index (χ2n) is 18.8. The van der Waals surface area contributed by atoms with Crippen molar-refractivity contribution in [3.05, 3.63) is 176 Å². The zero-order valence-electron chi connectivity index (χ0n) is 32.0. The fourth-order valence-electron chi connectivity index (χ4n) is 12.5. The van der Waals surface area contributed by atoms with Crippen LogP contribution in [0.2, 0.25) is 0 Å². The monoisotopic (exact) mass is 690 g/mol. The lowest BCUT2D eigenvalue weighted by Gasteiger charge is -2.22. The van der Waals surface area contributed by atoms with Gasteiger partial charge in [-0.05, 0) is 171 Å². The number of rotatable bonds is 0. The molecule has 0 heterocycles. The van der Waals surface area contributed by atoms with Crippen LogP contribution >= 0.6 is 0 Å². The highest BCUT2D eigenvalue weighted by molar-refractivity contribution is 6.04. The standard InChI is InChI=1S/C54H42/c1-52(2)43-16-10-7-13-31(43)37-25-34-28(22-46(37)52)19-40-49(34)41-20-29-23-47-39(33-15-9-12-18-45(33)53(47,3)4)27-36(29)51(41)42-21-30-24-48-38(26-35(30)50(40)42)32-14-8-11-17-44(32)54(48,5)6/h7-18,22-27H,19-21H2,1-6H3. The van der Waals surface area contributed by atoms with Crippen LogP contribution in [-0.2, 0) is 35.5 Å². The van der Waals surface area contributed by atoms with E-state index >= 15 is 0 Å². The molecule has 0 nitrogen and oxygen atoms in total. The first-order valence-corrected chi connectivity index (χ1v) is 20.1. The molecule has 54 heavy (non-hydrogen) atoms. The summed E-state index contributed by atoms with van der Waals surface area (Å²) in [4.78, 5) is 0. The summed E-state index contributed by atoms with van der Waals surface area (Å²) in [5.74, 6) is 0. The molecule has 0 radical (unpaired) electrons. The molecule has 0 unspecified atom stereocenters. The number of hydrogen-bond acceptors (Lipinski definition) is 0. The third-order valence-electron chi connectivity index (χ3n) is 15.1. The van der Waals surface area contributed by atoms with Gasteiger partial charge in [-0.3, -0.25) is 0 Å². The summed E-state index contributed by atoms with van der Waals surface area (Å²) in [7, 11) is 0. The Labute approximate surface area is 318 Å². The molecule has 0 saturated carbocycles. The molecule has 0 heteroatoms. The first kappa shape index (κ1) is 29.9. The fourth-order valence-corrected chi connectivity index (χ4v) is 12.5. The van der Waals surface area contributed by atoms with Gasteiger partial charge < -0.3 is 0 Å². The molecule has 0 saturated heterocycles. The minimum atomic E-state index is -0.00708. The fraction of sp³-hybridized carbons (Fsp3) is 0.222. The second-order valence-corrected chi connectivity index (χ2v) is 18.8. The van der Waals surface area contributed by atoms with Gasteiger partial charge in [0.1, 0.15) is 0 Å². The first-order valence-electron chi connectivity index (χ1n) is 20.1. The van der Waals surface area contributed by atoms with E-state index < -0.39 is 0 Å². The molecular weight excluding hydrogens is 649 g/mol. The molecular formula is C54H42. The van der Waals surface area contributed by atoms with Crippen molar-refractivity contribution in [2.45, 2.75) is 77.0 Å². The van der Waals surface area contributed by atoms with E-state index in [9.17, 15) is 0 Å². The van der Waals surface area contributed by atoms with Crippen molar-refractivity contribution in [3.8, 4) is 66.8 Å². The maximum absolute atomic E-state index is 2.61. The van der Waals surface area contributed by atoms with Gasteiger partial charge in [0, 0.05) is 16.2 Å². The van der Waals surface area contributed by atoms with Crippen molar-refractivity contribution in [2.24, 2.45) is 0 Å². The molecule has 7 aromatic carbocycles. The minimum Gasteiger partial charge on any atom is -0.0619 e. The highest BCUT2D eigenvalue weighted by Crippen LogP contribution is 2.62. The molecule has 0 bridgehead atoms. The highest BCUT2D eigenvalue weighted by Gasteiger charge is 2.44. The van der Waals surface area contributed by atoms with Gasteiger partial charge in [-0.25, -0.2) is 0 Å². The Bertz CT molecular complexity index is 2630. The average Bonchev–Trinajstić information content (AvgIpc) is 3.97.